The van der Waals surface area contributed by atoms with Crippen molar-refractivity contribution in [1.29, 1.82) is 0 Å². The summed E-state index contributed by atoms with van der Waals surface area (Å²) in [6, 6.07) is 4.02. The summed E-state index contributed by atoms with van der Waals surface area (Å²) >= 11 is 0. The molecule has 110 valence electrons. The number of rotatable bonds is 8. The van der Waals surface area contributed by atoms with Gasteiger partial charge in [0.05, 0.1) is 13.2 Å². The molecule has 0 aliphatic heterocycles. The molecule has 0 atom stereocenters. The van der Waals surface area contributed by atoms with Gasteiger partial charge in [-0.2, -0.15) is 0 Å². The van der Waals surface area contributed by atoms with E-state index in [1.165, 1.54) is 5.56 Å². The molecule has 0 unspecified atom stereocenters. The Hall–Kier alpha value is -1.74. The van der Waals surface area contributed by atoms with E-state index < -0.39 is 0 Å². The molecule has 3 nitrogen and oxygen atoms in total. The molecule has 0 amide bonds. The zero-order chi connectivity index (χ0) is 15.0. The average Bonchev–Trinajstić information content (AvgIpc) is 2.42. The summed E-state index contributed by atoms with van der Waals surface area (Å²) in [4.78, 5) is 0. The molecule has 0 bridgehead atoms. The standard InChI is InChI=1S/C17H25NO2/c1-6-8-15-14(12-18-11-7-2)9-10-16(19-5)17(15)20-13(3)4/h6-10,13,18H,2,11-12H2,1,3-5H3/b8-6+. The monoisotopic (exact) mass is 275 g/mol. The quantitative estimate of drug-likeness (QED) is 0.578. The number of hydrogen-bond donors (Lipinski definition) is 1. The minimum Gasteiger partial charge on any atom is -0.493 e. The lowest BCUT2D eigenvalue weighted by molar-refractivity contribution is 0.229. The van der Waals surface area contributed by atoms with Gasteiger partial charge in [0.15, 0.2) is 11.5 Å². The topological polar surface area (TPSA) is 30.5 Å². The fourth-order valence-corrected chi connectivity index (χ4v) is 1.95. The van der Waals surface area contributed by atoms with Gasteiger partial charge in [-0.1, -0.05) is 24.3 Å². The van der Waals surface area contributed by atoms with Crippen molar-refractivity contribution >= 4 is 6.08 Å². The van der Waals surface area contributed by atoms with Crippen molar-refractivity contribution in [3.05, 3.63) is 42.0 Å². The molecule has 1 N–H and O–H groups in total. The van der Waals surface area contributed by atoms with Gasteiger partial charge in [0.25, 0.3) is 0 Å². The SMILES string of the molecule is C=CCNCc1ccc(OC)c(OC(C)C)c1/C=C/C. The van der Waals surface area contributed by atoms with Gasteiger partial charge in [-0.3, -0.25) is 0 Å². The third kappa shape index (κ3) is 4.42. The molecule has 0 saturated heterocycles. The highest BCUT2D eigenvalue weighted by Crippen LogP contribution is 2.35. The van der Waals surface area contributed by atoms with E-state index in [0.717, 1.165) is 30.2 Å². The van der Waals surface area contributed by atoms with Crippen molar-refractivity contribution in [2.75, 3.05) is 13.7 Å². The van der Waals surface area contributed by atoms with Crippen molar-refractivity contribution in [2.24, 2.45) is 0 Å². The second kappa shape index (κ2) is 8.43. The molecule has 20 heavy (non-hydrogen) atoms. The number of hydrogen-bond acceptors (Lipinski definition) is 3. The smallest absolute Gasteiger partial charge is 0.169 e. The fraction of sp³-hybridized carbons (Fsp3) is 0.412. The summed E-state index contributed by atoms with van der Waals surface area (Å²) in [5, 5.41) is 3.32. The molecule has 0 radical (unpaired) electrons. The molecule has 1 aromatic carbocycles. The van der Waals surface area contributed by atoms with Gasteiger partial charge in [0.2, 0.25) is 0 Å². The summed E-state index contributed by atoms with van der Waals surface area (Å²) in [5.74, 6) is 1.57. The first-order valence-electron chi connectivity index (χ1n) is 6.94. The first-order valence-corrected chi connectivity index (χ1v) is 6.94. The molecule has 0 fully saturated rings. The van der Waals surface area contributed by atoms with Crippen molar-refractivity contribution in [1.82, 2.24) is 5.32 Å². The van der Waals surface area contributed by atoms with Crippen molar-refractivity contribution in [2.45, 2.75) is 33.4 Å². The van der Waals surface area contributed by atoms with E-state index in [9.17, 15) is 0 Å². The van der Waals surface area contributed by atoms with Gasteiger partial charge >= 0.3 is 0 Å². The number of nitrogens with one attached hydrogen (secondary N) is 1. The van der Waals surface area contributed by atoms with Crippen LogP contribution in [0.4, 0.5) is 0 Å². The van der Waals surface area contributed by atoms with Crippen LogP contribution in [0.1, 0.15) is 31.9 Å². The Kier molecular flexibility index (Phi) is 6.88. The Morgan fingerprint density at radius 2 is 2.10 bits per heavy atom. The predicted molar refractivity (Wildman–Crippen MR) is 85.4 cm³/mol. The van der Waals surface area contributed by atoms with Crippen LogP contribution >= 0.6 is 0 Å². The van der Waals surface area contributed by atoms with Crippen LogP contribution in [-0.4, -0.2) is 19.8 Å². The van der Waals surface area contributed by atoms with Crippen LogP contribution in [0.15, 0.2) is 30.9 Å². The van der Waals surface area contributed by atoms with Crippen molar-refractivity contribution in [3.63, 3.8) is 0 Å². The summed E-state index contributed by atoms with van der Waals surface area (Å²) in [6.45, 7) is 11.3. The van der Waals surface area contributed by atoms with Gasteiger partial charge in [-0.15, -0.1) is 6.58 Å². The first kappa shape index (κ1) is 16.3. The van der Waals surface area contributed by atoms with Crippen LogP contribution in [0.3, 0.4) is 0 Å². The molecular formula is C17H25NO2. The summed E-state index contributed by atoms with van der Waals surface area (Å²) in [7, 11) is 1.66. The largest absolute Gasteiger partial charge is 0.493 e. The van der Waals surface area contributed by atoms with E-state index in [2.05, 4.69) is 24.0 Å². The Morgan fingerprint density at radius 1 is 1.35 bits per heavy atom. The van der Waals surface area contributed by atoms with Crippen LogP contribution in [0.5, 0.6) is 11.5 Å². The minimum absolute atomic E-state index is 0.101. The summed E-state index contributed by atoms with van der Waals surface area (Å²) in [5.41, 5.74) is 2.25. The molecule has 1 aromatic rings. The van der Waals surface area contributed by atoms with E-state index in [0.29, 0.717) is 0 Å². The van der Waals surface area contributed by atoms with Crippen LogP contribution in [0.25, 0.3) is 6.08 Å². The average molecular weight is 275 g/mol. The predicted octanol–water partition coefficient (Wildman–Crippen LogP) is 3.79. The lowest BCUT2D eigenvalue weighted by atomic mass is 10.0. The maximum atomic E-state index is 5.94. The van der Waals surface area contributed by atoms with Gasteiger partial charge in [-0.05, 0) is 32.4 Å². The zero-order valence-corrected chi connectivity index (χ0v) is 12.9. The lowest BCUT2D eigenvalue weighted by Crippen LogP contribution is -2.15. The van der Waals surface area contributed by atoms with Gasteiger partial charge < -0.3 is 14.8 Å². The minimum atomic E-state index is 0.101. The van der Waals surface area contributed by atoms with Gasteiger partial charge in [0.1, 0.15) is 0 Å². The number of allylic oxidation sites excluding steroid dienone is 1. The normalized spacial score (nSPS) is 11.1. The number of benzene rings is 1. The Bertz CT molecular complexity index is 464. The second-order valence-corrected chi connectivity index (χ2v) is 4.76. The maximum Gasteiger partial charge on any atom is 0.169 e. The lowest BCUT2D eigenvalue weighted by Gasteiger charge is -2.19. The summed E-state index contributed by atoms with van der Waals surface area (Å²) in [6.07, 6.45) is 6.03. The van der Waals surface area contributed by atoms with Crippen LogP contribution in [-0.2, 0) is 6.54 Å². The Labute approximate surface area is 122 Å². The Balaban J connectivity index is 3.19. The molecule has 0 aliphatic rings. The van der Waals surface area contributed by atoms with Crippen LogP contribution in [0.2, 0.25) is 0 Å². The van der Waals surface area contributed by atoms with Gasteiger partial charge in [-0.25, -0.2) is 0 Å². The maximum absolute atomic E-state index is 5.94. The molecule has 3 heteroatoms. The molecular weight excluding hydrogens is 250 g/mol. The molecule has 0 saturated carbocycles. The summed E-state index contributed by atoms with van der Waals surface area (Å²) < 4.78 is 11.4. The van der Waals surface area contributed by atoms with Gasteiger partial charge in [0, 0.05) is 18.7 Å². The Morgan fingerprint density at radius 3 is 2.65 bits per heavy atom. The van der Waals surface area contributed by atoms with Crippen LogP contribution < -0.4 is 14.8 Å². The highest BCUT2D eigenvalue weighted by atomic mass is 16.5. The molecule has 0 aliphatic carbocycles. The molecule has 0 aromatic heterocycles. The molecule has 0 spiro atoms. The molecule has 0 heterocycles. The van der Waals surface area contributed by atoms with E-state index in [1.54, 1.807) is 7.11 Å². The first-order chi connectivity index (χ1) is 9.63. The number of ether oxygens (including phenoxy) is 2. The van der Waals surface area contributed by atoms with E-state index in [1.807, 2.05) is 39.0 Å². The highest BCUT2D eigenvalue weighted by molar-refractivity contribution is 5.66. The van der Waals surface area contributed by atoms with E-state index in [-0.39, 0.29) is 6.10 Å². The molecule has 1 rings (SSSR count). The van der Waals surface area contributed by atoms with E-state index in [4.69, 9.17) is 9.47 Å². The van der Waals surface area contributed by atoms with Crippen molar-refractivity contribution in [3.8, 4) is 11.5 Å². The van der Waals surface area contributed by atoms with Crippen LogP contribution in [0, 0.1) is 0 Å². The third-order valence-corrected chi connectivity index (χ3v) is 2.76. The highest BCUT2D eigenvalue weighted by Gasteiger charge is 2.14. The number of methoxy groups -OCH3 is 1. The zero-order valence-electron chi connectivity index (χ0n) is 12.9. The fourth-order valence-electron chi connectivity index (χ4n) is 1.95. The van der Waals surface area contributed by atoms with Crippen molar-refractivity contribution < 1.29 is 9.47 Å². The third-order valence-electron chi connectivity index (χ3n) is 2.76. The second-order valence-electron chi connectivity index (χ2n) is 4.76. The van der Waals surface area contributed by atoms with E-state index >= 15 is 0 Å².